The zero-order chi connectivity index (χ0) is 22.0. The van der Waals surface area contributed by atoms with Crippen molar-refractivity contribution in [2.75, 3.05) is 39.8 Å². The molecule has 2 aromatic heterocycles. The van der Waals surface area contributed by atoms with Crippen molar-refractivity contribution >= 4 is 16.9 Å². The van der Waals surface area contributed by atoms with Gasteiger partial charge in [-0.15, -0.1) is 0 Å². The molecule has 1 atom stereocenters. The largest absolute Gasteiger partial charge is 0.349 e. The van der Waals surface area contributed by atoms with Crippen LogP contribution in [0.2, 0.25) is 0 Å². The number of rotatable bonds is 5. The van der Waals surface area contributed by atoms with E-state index in [1.807, 2.05) is 18.2 Å². The summed E-state index contributed by atoms with van der Waals surface area (Å²) in [6, 6.07) is 13.7. The molecule has 1 aliphatic heterocycles. The van der Waals surface area contributed by atoms with Crippen molar-refractivity contribution in [3.8, 4) is 0 Å². The number of pyridine rings is 1. The number of aromatic nitrogens is 3. The topological polar surface area (TPSA) is 103 Å². The first kappa shape index (κ1) is 21.0. The highest BCUT2D eigenvalue weighted by Crippen LogP contribution is 2.24. The lowest BCUT2D eigenvalue weighted by molar-refractivity contribution is 0.0841. The monoisotopic (exact) mass is 422 g/mol. The van der Waals surface area contributed by atoms with Gasteiger partial charge in [-0.2, -0.15) is 0 Å². The molecular weight excluding hydrogens is 396 g/mol. The molecule has 1 fully saturated rings. The van der Waals surface area contributed by atoms with Crippen LogP contribution in [-0.2, 0) is 7.05 Å². The summed E-state index contributed by atoms with van der Waals surface area (Å²) in [6.45, 7) is 4.02. The molecule has 1 aromatic carbocycles. The first-order valence-electron chi connectivity index (χ1n) is 10.3. The zero-order valence-corrected chi connectivity index (χ0v) is 17.7. The van der Waals surface area contributed by atoms with Gasteiger partial charge in [-0.1, -0.05) is 30.3 Å². The fourth-order valence-corrected chi connectivity index (χ4v) is 3.97. The lowest BCUT2D eigenvalue weighted by Crippen LogP contribution is -2.49. The average Bonchev–Trinajstić information content (AvgIpc) is 2.78. The average molecular weight is 422 g/mol. The van der Waals surface area contributed by atoms with Gasteiger partial charge < -0.3 is 10.2 Å². The molecule has 1 unspecified atom stereocenters. The van der Waals surface area contributed by atoms with Crippen molar-refractivity contribution in [1.82, 2.24) is 29.7 Å². The van der Waals surface area contributed by atoms with Crippen molar-refractivity contribution in [1.29, 1.82) is 0 Å². The number of H-pyrrole nitrogens is 1. The zero-order valence-electron chi connectivity index (χ0n) is 17.7. The molecular formula is C22H26N6O3. The van der Waals surface area contributed by atoms with Crippen molar-refractivity contribution in [2.24, 2.45) is 7.05 Å². The summed E-state index contributed by atoms with van der Waals surface area (Å²) in [5.41, 5.74) is 0.544. The van der Waals surface area contributed by atoms with Crippen molar-refractivity contribution < 1.29 is 4.79 Å². The molecule has 1 aliphatic rings. The fraction of sp³-hybridized carbons (Fsp3) is 0.364. The Bertz CT molecular complexity index is 1200. The fourth-order valence-electron chi connectivity index (χ4n) is 3.97. The molecule has 0 aliphatic carbocycles. The minimum Gasteiger partial charge on any atom is -0.349 e. The Morgan fingerprint density at radius 2 is 1.90 bits per heavy atom. The van der Waals surface area contributed by atoms with Gasteiger partial charge in [0.2, 0.25) is 0 Å². The summed E-state index contributed by atoms with van der Waals surface area (Å²) < 4.78 is 1.22. The van der Waals surface area contributed by atoms with E-state index >= 15 is 0 Å². The van der Waals surface area contributed by atoms with Crippen molar-refractivity contribution in [3.05, 3.63) is 74.6 Å². The third kappa shape index (κ3) is 4.42. The van der Waals surface area contributed by atoms with Gasteiger partial charge in [-0.25, -0.2) is 9.78 Å². The second-order valence-electron chi connectivity index (χ2n) is 7.87. The summed E-state index contributed by atoms with van der Waals surface area (Å²) >= 11 is 0. The molecule has 31 heavy (non-hydrogen) atoms. The molecule has 3 aromatic rings. The van der Waals surface area contributed by atoms with Crippen LogP contribution < -0.4 is 16.6 Å². The number of aryl methyl sites for hydroxylation is 1. The van der Waals surface area contributed by atoms with Gasteiger partial charge in [0.15, 0.2) is 0 Å². The number of carbonyl (C=O) groups excluding carboxylic acids is 1. The van der Waals surface area contributed by atoms with Gasteiger partial charge in [0, 0.05) is 45.8 Å². The molecule has 0 bridgehead atoms. The molecule has 162 valence electrons. The number of hydrogen-bond acceptors (Lipinski definition) is 6. The predicted molar refractivity (Wildman–Crippen MR) is 118 cm³/mol. The Balaban J connectivity index is 1.44. The standard InChI is InChI=1S/C22H26N6O3/c1-26-12-13-28(18(14-26)15-6-4-3-5-7-15)11-10-23-21(30)17-9-8-16-19(24-17)27(2)22(31)25-20(16)29/h3-9,18H,10-14H2,1-2H3,(H,23,30)(H,25,29,31). The van der Waals surface area contributed by atoms with Gasteiger partial charge in [0.25, 0.3) is 11.5 Å². The molecule has 3 heterocycles. The summed E-state index contributed by atoms with van der Waals surface area (Å²) in [5, 5.41) is 3.18. The highest BCUT2D eigenvalue weighted by atomic mass is 16.2. The van der Waals surface area contributed by atoms with E-state index in [4.69, 9.17) is 0 Å². The number of fused-ring (bicyclic) bond motifs is 1. The van der Waals surface area contributed by atoms with Gasteiger partial charge in [-0.05, 0) is 24.7 Å². The van der Waals surface area contributed by atoms with E-state index in [1.165, 1.54) is 29.3 Å². The van der Waals surface area contributed by atoms with Gasteiger partial charge in [0.05, 0.1) is 5.39 Å². The molecule has 0 spiro atoms. The third-order valence-electron chi connectivity index (χ3n) is 5.76. The van der Waals surface area contributed by atoms with Crippen LogP contribution in [-0.4, -0.2) is 70.0 Å². The maximum atomic E-state index is 12.6. The third-order valence-corrected chi connectivity index (χ3v) is 5.76. The Morgan fingerprint density at radius 1 is 1.13 bits per heavy atom. The number of aromatic amines is 1. The van der Waals surface area contributed by atoms with Crippen LogP contribution in [0.5, 0.6) is 0 Å². The number of nitrogens with zero attached hydrogens (tertiary/aromatic N) is 4. The summed E-state index contributed by atoms with van der Waals surface area (Å²) in [6.07, 6.45) is 0. The van der Waals surface area contributed by atoms with E-state index in [0.717, 1.165) is 19.6 Å². The van der Waals surface area contributed by atoms with Crippen LogP contribution in [0, 0.1) is 0 Å². The smallest absolute Gasteiger partial charge is 0.329 e. The van der Waals surface area contributed by atoms with E-state index in [2.05, 4.69) is 44.3 Å². The van der Waals surface area contributed by atoms with Crippen LogP contribution in [0.4, 0.5) is 0 Å². The Labute approximate surface area is 179 Å². The molecule has 2 N–H and O–H groups in total. The van der Waals surface area contributed by atoms with E-state index in [1.54, 1.807) is 0 Å². The van der Waals surface area contributed by atoms with Gasteiger partial charge in [0.1, 0.15) is 11.3 Å². The number of amides is 1. The molecule has 1 saturated heterocycles. The predicted octanol–water partition coefficient (Wildman–Crippen LogP) is 0.340. The minimum absolute atomic E-state index is 0.172. The first-order chi connectivity index (χ1) is 14.9. The van der Waals surface area contributed by atoms with Crippen LogP contribution in [0.3, 0.4) is 0 Å². The van der Waals surface area contributed by atoms with E-state index in [9.17, 15) is 14.4 Å². The van der Waals surface area contributed by atoms with E-state index < -0.39 is 11.2 Å². The Hall–Kier alpha value is -3.30. The van der Waals surface area contributed by atoms with E-state index in [-0.39, 0.29) is 28.7 Å². The SMILES string of the molecule is CN1CCN(CCNC(=O)c2ccc3c(=O)[nH]c(=O)n(C)c3n2)C(c2ccccc2)C1. The highest BCUT2D eigenvalue weighted by Gasteiger charge is 2.26. The lowest BCUT2D eigenvalue weighted by Gasteiger charge is -2.40. The number of carbonyl (C=O) groups is 1. The molecule has 4 rings (SSSR count). The Kier molecular flexibility index (Phi) is 5.97. The second-order valence-corrected chi connectivity index (χ2v) is 7.87. The Morgan fingerprint density at radius 3 is 2.68 bits per heavy atom. The van der Waals surface area contributed by atoms with Crippen LogP contribution in [0.1, 0.15) is 22.1 Å². The van der Waals surface area contributed by atoms with Crippen LogP contribution in [0.25, 0.3) is 11.0 Å². The second kappa shape index (κ2) is 8.83. The normalized spacial score (nSPS) is 17.7. The molecule has 0 saturated carbocycles. The van der Waals surface area contributed by atoms with Crippen LogP contribution in [0.15, 0.2) is 52.1 Å². The maximum absolute atomic E-state index is 12.6. The number of benzene rings is 1. The highest BCUT2D eigenvalue weighted by molar-refractivity contribution is 5.94. The van der Waals surface area contributed by atoms with Crippen molar-refractivity contribution in [3.63, 3.8) is 0 Å². The molecule has 9 nitrogen and oxygen atoms in total. The van der Waals surface area contributed by atoms with Crippen molar-refractivity contribution in [2.45, 2.75) is 6.04 Å². The lowest BCUT2D eigenvalue weighted by atomic mass is 10.0. The number of nitrogens with one attached hydrogen (secondary N) is 2. The first-order valence-corrected chi connectivity index (χ1v) is 10.3. The molecule has 9 heteroatoms. The number of likely N-dealkylation sites (N-methyl/N-ethyl adjacent to an activating group) is 1. The maximum Gasteiger partial charge on any atom is 0.329 e. The number of piperazine rings is 1. The van der Waals surface area contributed by atoms with E-state index in [0.29, 0.717) is 13.1 Å². The van der Waals surface area contributed by atoms with Gasteiger partial charge >= 0.3 is 5.69 Å². The molecule has 0 radical (unpaired) electrons. The van der Waals surface area contributed by atoms with Gasteiger partial charge in [-0.3, -0.25) is 24.0 Å². The minimum atomic E-state index is -0.565. The molecule has 1 amide bonds. The quantitative estimate of drug-likeness (QED) is 0.615. The summed E-state index contributed by atoms with van der Waals surface area (Å²) in [7, 11) is 3.63. The van der Waals surface area contributed by atoms with Crippen LogP contribution >= 0.6 is 0 Å². The summed E-state index contributed by atoms with van der Waals surface area (Å²) in [5.74, 6) is -0.333. The summed E-state index contributed by atoms with van der Waals surface area (Å²) in [4.78, 5) is 47.6. The number of hydrogen-bond donors (Lipinski definition) is 2.